The van der Waals surface area contributed by atoms with Crippen LogP contribution in [0.25, 0.3) is 17.4 Å². The molecule has 2 aromatic carbocycles. The van der Waals surface area contributed by atoms with E-state index in [0.717, 1.165) is 16.7 Å². The minimum atomic E-state index is -0.522. The highest BCUT2D eigenvalue weighted by molar-refractivity contribution is 8.27. The van der Waals surface area contributed by atoms with Crippen LogP contribution in [0.3, 0.4) is 0 Å². The first-order valence-electron chi connectivity index (χ1n) is 10.9. The van der Waals surface area contributed by atoms with E-state index < -0.39 is 5.91 Å². The number of hydrazone groups is 1. The van der Waals surface area contributed by atoms with Gasteiger partial charge in [-0.1, -0.05) is 36.4 Å². The van der Waals surface area contributed by atoms with Crippen molar-refractivity contribution >= 4 is 45.8 Å². The second kappa shape index (κ2) is 9.19. The van der Waals surface area contributed by atoms with Gasteiger partial charge in [-0.3, -0.25) is 10.2 Å². The van der Waals surface area contributed by atoms with Crippen LogP contribution in [0.4, 0.5) is 0 Å². The summed E-state index contributed by atoms with van der Waals surface area (Å²) in [5.74, 6) is -0.00923. The molecule has 1 aromatic heterocycles. The highest BCUT2D eigenvalue weighted by Crippen LogP contribution is 2.32. The Morgan fingerprint density at radius 2 is 1.91 bits per heavy atom. The van der Waals surface area contributed by atoms with Gasteiger partial charge in [0.2, 0.25) is 5.17 Å². The SMILES string of the molecule is CCOC(=O)c1ccc(-c2ccc(/C=C3/C(=N)N4N=C(c5ccccc5C)SC4=NC3=O)o2)cc1. The number of carbonyl (C=O) groups is 2. The third-order valence-electron chi connectivity index (χ3n) is 5.42. The van der Waals surface area contributed by atoms with Crippen molar-refractivity contribution in [3.05, 3.63) is 88.7 Å². The van der Waals surface area contributed by atoms with Crippen LogP contribution in [0.15, 0.2) is 80.7 Å². The van der Waals surface area contributed by atoms with Crippen LogP contribution in [0, 0.1) is 12.3 Å². The number of aliphatic imine (C=N–C) groups is 1. The minimum absolute atomic E-state index is 0.0622. The zero-order chi connectivity index (χ0) is 24.5. The highest BCUT2D eigenvalue weighted by atomic mass is 32.2. The maximum absolute atomic E-state index is 12.7. The number of thioether (sulfide) groups is 1. The molecule has 2 aliphatic rings. The summed E-state index contributed by atoms with van der Waals surface area (Å²) in [6.07, 6.45) is 1.49. The van der Waals surface area contributed by atoms with Gasteiger partial charge in [0.15, 0.2) is 5.84 Å². The molecule has 3 aromatic rings. The summed E-state index contributed by atoms with van der Waals surface area (Å²) in [4.78, 5) is 28.7. The Bertz CT molecular complexity index is 1450. The van der Waals surface area contributed by atoms with Crippen molar-refractivity contribution in [2.45, 2.75) is 13.8 Å². The number of hydrogen-bond acceptors (Lipinski definition) is 7. The predicted octanol–water partition coefficient (Wildman–Crippen LogP) is 5.10. The molecule has 9 heteroatoms. The minimum Gasteiger partial charge on any atom is -0.462 e. The van der Waals surface area contributed by atoms with E-state index >= 15 is 0 Å². The van der Waals surface area contributed by atoms with Gasteiger partial charge < -0.3 is 9.15 Å². The molecule has 2 aliphatic heterocycles. The lowest BCUT2D eigenvalue weighted by Crippen LogP contribution is -2.35. The molecule has 0 atom stereocenters. The number of rotatable bonds is 5. The molecule has 0 radical (unpaired) electrons. The quantitative estimate of drug-likeness (QED) is 0.399. The number of fused-ring (bicyclic) bond motifs is 1. The summed E-state index contributed by atoms with van der Waals surface area (Å²) in [6, 6.07) is 18.1. The number of benzene rings is 2. The van der Waals surface area contributed by atoms with Crippen molar-refractivity contribution in [2.75, 3.05) is 6.61 Å². The van der Waals surface area contributed by atoms with Crippen LogP contribution in [-0.2, 0) is 9.53 Å². The fraction of sp³-hybridized carbons (Fsp3) is 0.115. The van der Waals surface area contributed by atoms with Crippen molar-refractivity contribution in [3.63, 3.8) is 0 Å². The van der Waals surface area contributed by atoms with Crippen LogP contribution in [-0.4, -0.2) is 39.5 Å². The van der Waals surface area contributed by atoms with E-state index in [1.54, 1.807) is 43.3 Å². The molecule has 5 rings (SSSR count). The number of nitrogens with one attached hydrogen (secondary N) is 1. The molecule has 0 fully saturated rings. The number of hydrogen-bond donors (Lipinski definition) is 1. The lowest BCUT2D eigenvalue weighted by atomic mass is 10.1. The topological polar surface area (TPSA) is 108 Å². The summed E-state index contributed by atoms with van der Waals surface area (Å²) in [5.41, 5.74) is 3.28. The van der Waals surface area contributed by atoms with E-state index in [4.69, 9.17) is 14.6 Å². The van der Waals surface area contributed by atoms with Crippen LogP contribution in [0.5, 0.6) is 0 Å². The molecule has 0 spiro atoms. The van der Waals surface area contributed by atoms with Gasteiger partial charge in [-0.25, -0.2) is 4.79 Å². The molecule has 0 saturated carbocycles. The third-order valence-corrected chi connectivity index (χ3v) is 6.37. The average Bonchev–Trinajstić information content (AvgIpc) is 3.50. The van der Waals surface area contributed by atoms with Crippen molar-refractivity contribution in [1.82, 2.24) is 5.01 Å². The summed E-state index contributed by atoms with van der Waals surface area (Å²) in [7, 11) is 0. The molecule has 3 heterocycles. The van der Waals surface area contributed by atoms with Crippen LogP contribution < -0.4 is 0 Å². The number of nitrogens with zero attached hydrogens (tertiary/aromatic N) is 3. The molecule has 1 amide bonds. The van der Waals surface area contributed by atoms with Gasteiger partial charge in [0.1, 0.15) is 16.6 Å². The number of aryl methyl sites for hydroxylation is 1. The van der Waals surface area contributed by atoms with Crippen molar-refractivity contribution < 1.29 is 18.7 Å². The smallest absolute Gasteiger partial charge is 0.338 e. The Kier molecular flexibility index (Phi) is 5.92. The van der Waals surface area contributed by atoms with Crippen LogP contribution >= 0.6 is 11.8 Å². The molecule has 8 nitrogen and oxygen atoms in total. The van der Waals surface area contributed by atoms with Crippen molar-refractivity contribution in [3.8, 4) is 11.3 Å². The van der Waals surface area contributed by atoms with E-state index in [2.05, 4.69) is 10.1 Å². The Morgan fingerprint density at radius 1 is 1.14 bits per heavy atom. The summed E-state index contributed by atoms with van der Waals surface area (Å²) in [5, 5.41) is 15.5. The summed E-state index contributed by atoms with van der Waals surface area (Å²) >= 11 is 1.27. The normalized spacial score (nSPS) is 16.3. The standard InChI is InChI=1S/C26H20N4O4S/c1-3-33-25(32)17-10-8-16(9-11-17)21-13-12-18(34-21)14-20-22(27)30-26(28-23(20)31)35-24(29-30)19-7-5-4-6-15(19)2/h4-14,27H,3H2,1-2H3/b20-14-,27-22?. The molecule has 0 aliphatic carbocycles. The number of amidine groups is 2. The first-order chi connectivity index (χ1) is 16.9. The number of amides is 1. The van der Waals surface area contributed by atoms with Gasteiger partial charge >= 0.3 is 5.97 Å². The number of esters is 1. The maximum Gasteiger partial charge on any atom is 0.338 e. The second-order valence-corrected chi connectivity index (χ2v) is 8.70. The number of carbonyl (C=O) groups excluding carboxylic acids is 2. The molecular formula is C26H20N4O4S. The molecule has 0 bridgehead atoms. The van der Waals surface area contributed by atoms with E-state index in [1.165, 1.54) is 22.8 Å². The highest BCUT2D eigenvalue weighted by Gasteiger charge is 2.36. The first kappa shape index (κ1) is 22.5. The van der Waals surface area contributed by atoms with Crippen LogP contribution in [0.2, 0.25) is 0 Å². The lowest BCUT2D eigenvalue weighted by Gasteiger charge is -2.19. The Labute approximate surface area is 205 Å². The molecule has 0 unspecified atom stereocenters. The van der Waals surface area contributed by atoms with E-state index in [0.29, 0.717) is 33.9 Å². The molecular weight excluding hydrogens is 464 g/mol. The zero-order valence-corrected chi connectivity index (χ0v) is 19.8. The Hall–Kier alpha value is -4.24. The van der Waals surface area contributed by atoms with Gasteiger partial charge in [0.05, 0.1) is 17.7 Å². The maximum atomic E-state index is 12.7. The van der Waals surface area contributed by atoms with E-state index in [9.17, 15) is 9.59 Å². The Morgan fingerprint density at radius 3 is 2.66 bits per heavy atom. The molecule has 174 valence electrons. The molecule has 0 saturated heterocycles. The van der Waals surface area contributed by atoms with Crippen molar-refractivity contribution in [1.29, 1.82) is 5.41 Å². The summed E-state index contributed by atoms with van der Waals surface area (Å²) < 4.78 is 10.9. The number of ether oxygens (including phenoxy) is 1. The number of furan rings is 1. The van der Waals surface area contributed by atoms with Gasteiger partial charge in [0.25, 0.3) is 5.91 Å². The summed E-state index contributed by atoms with van der Waals surface area (Å²) in [6.45, 7) is 4.05. The molecule has 1 N–H and O–H groups in total. The van der Waals surface area contributed by atoms with Gasteiger partial charge in [-0.05, 0) is 61.5 Å². The zero-order valence-electron chi connectivity index (χ0n) is 18.9. The third kappa shape index (κ3) is 4.33. The predicted molar refractivity (Wildman–Crippen MR) is 135 cm³/mol. The van der Waals surface area contributed by atoms with Crippen LogP contribution in [0.1, 0.15) is 34.2 Å². The fourth-order valence-corrected chi connectivity index (χ4v) is 4.61. The van der Waals surface area contributed by atoms with E-state index in [-0.39, 0.29) is 17.4 Å². The monoisotopic (exact) mass is 484 g/mol. The average molecular weight is 485 g/mol. The second-order valence-electron chi connectivity index (χ2n) is 7.74. The largest absolute Gasteiger partial charge is 0.462 e. The van der Waals surface area contributed by atoms with Crippen molar-refractivity contribution in [2.24, 2.45) is 10.1 Å². The lowest BCUT2D eigenvalue weighted by molar-refractivity contribution is -0.114. The molecule has 35 heavy (non-hydrogen) atoms. The van der Waals surface area contributed by atoms with E-state index in [1.807, 2.05) is 31.2 Å². The first-order valence-corrected chi connectivity index (χ1v) is 11.7. The fourth-order valence-electron chi connectivity index (χ4n) is 3.63. The van der Waals surface area contributed by atoms with Gasteiger partial charge in [0, 0.05) is 11.1 Å². The van der Waals surface area contributed by atoms with Gasteiger partial charge in [-0.15, -0.1) is 0 Å². The van der Waals surface area contributed by atoms with Gasteiger partial charge in [-0.2, -0.15) is 15.1 Å². The Balaban J connectivity index is 1.39.